The fourth-order valence-corrected chi connectivity index (χ4v) is 1.99. The first-order chi connectivity index (χ1) is 7.66. The summed E-state index contributed by atoms with van der Waals surface area (Å²) < 4.78 is 1.14. The van der Waals surface area contributed by atoms with Crippen LogP contribution in [-0.2, 0) is 0 Å². The summed E-state index contributed by atoms with van der Waals surface area (Å²) in [4.78, 5) is 0. The molecule has 1 atom stereocenters. The number of hydrogen-bond acceptors (Lipinski definition) is 3. The third kappa shape index (κ3) is 2.46. The Balaban J connectivity index is 2.15. The fourth-order valence-electron chi connectivity index (χ4n) is 1.48. The van der Waals surface area contributed by atoms with E-state index in [9.17, 15) is 0 Å². The van der Waals surface area contributed by atoms with Crippen LogP contribution < -0.4 is 11.1 Å². The van der Waals surface area contributed by atoms with Gasteiger partial charge in [-0.05, 0) is 47.7 Å². The highest BCUT2D eigenvalue weighted by Gasteiger charge is 2.07. The minimum absolute atomic E-state index is 0.182. The van der Waals surface area contributed by atoms with E-state index in [2.05, 4.69) is 45.0 Å². The number of hydrogen-bond donors (Lipinski definition) is 3. The first kappa shape index (κ1) is 11.3. The predicted octanol–water partition coefficient (Wildman–Crippen LogP) is 2.77. The second kappa shape index (κ2) is 4.73. The molecule has 0 aliphatic carbocycles. The van der Waals surface area contributed by atoms with E-state index in [1.54, 1.807) is 6.20 Å². The molecule has 0 fully saturated rings. The quantitative estimate of drug-likeness (QED) is 0.600. The summed E-state index contributed by atoms with van der Waals surface area (Å²) in [7, 11) is 0. The third-order valence-electron chi connectivity index (χ3n) is 2.40. The van der Waals surface area contributed by atoms with Crippen LogP contribution in [0.15, 0.2) is 30.6 Å². The zero-order chi connectivity index (χ0) is 11.5. The Labute approximate surface area is 108 Å². The molecule has 16 heavy (non-hydrogen) atoms. The van der Waals surface area contributed by atoms with Gasteiger partial charge in [-0.15, -0.1) is 0 Å². The minimum Gasteiger partial charge on any atom is -0.397 e. The smallest absolute Gasteiger partial charge is 0.0579 e. The summed E-state index contributed by atoms with van der Waals surface area (Å²) in [6, 6.07) is 6.15. The van der Waals surface area contributed by atoms with Gasteiger partial charge in [0.2, 0.25) is 0 Å². The van der Waals surface area contributed by atoms with Crippen LogP contribution in [0.2, 0.25) is 0 Å². The average Bonchev–Trinajstić information content (AvgIpc) is 2.75. The van der Waals surface area contributed by atoms with E-state index in [1.807, 2.05) is 24.4 Å². The molecule has 0 saturated heterocycles. The SMILES string of the molecule is CC(Nc1ccc(I)cc1N)c1cn[nH]c1. The molecule has 84 valence electrons. The monoisotopic (exact) mass is 328 g/mol. The Bertz CT molecular complexity index is 467. The van der Waals surface area contributed by atoms with Crippen LogP contribution in [0, 0.1) is 3.57 Å². The van der Waals surface area contributed by atoms with Crippen LogP contribution >= 0.6 is 22.6 Å². The lowest BCUT2D eigenvalue weighted by Crippen LogP contribution is -2.07. The molecule has 0 amide bonds. The van der Waals surface area contributed by atoms with Gasteiger partial charge in [-0.1, -0.05) is 0 Å². The van der Waals surface area contributed by atoms with Gasteiger partial charge < -0.3 is 11.1 Å². The van der Waals surface area contributed by atoms with E-state index in [4.69, 9.17) is 5.73 Å². The number of nitrogens with two attached hydrogens (primary N) is 1. The van der Waals surface area contributed by atoms with Gasteiger partial charge in [0.05, 0.1) is 23.6 Å². The Hall–Kier alpha value is -1.24. The highest BCUT2D eigenvalue weighted by atomic mass is 127. The van der Waals surface area contributed by atoms with Crippen molar-refractivity contribution in [3.05, 3.63) is 39.7 Å². The molecule has 4 nitrogen and oxygen atoms in total. The largest absolute Gasteiger partial charge is 0.397 e. The van der Waals surface area contributed by atoms with Crippen LogP contribution in [0.25, 0.3) is 0 Å². The number of benzene rings is 1. The number of anilines is 2. The van der Waals surface area contributed by atoms with Crippen LogP contribution in [0.4, 0.5) is 11.4 Å². The predicted molar refractivity (Wildman–Crippen MR) is 74.2 cm³/mol. The van der Waals surface area contributed by atoms with Crippen molar-refractivity contribution in [2.24, 2.45) is 0 Å². The van der Waals surface area contributed by atoms with E-state index in [1.165, 1.54) is 0 Å². The third-order valence-corrected chi connectivity index (χ3v) is 3.08. The summed E-state index contributed by atoms with van der Waals surface area (Å²) in [5.74, 6) is 0. The first-order valence-corrected chi connectivity index (χ1v) is 6.05. The molecular weight excluding hydrogens is 315 g/mol. The summed E-state index contributed by atoms with van der Waals surface area (Å²) >= 11 is 2.24. The van der Waals surface area contributed by atoms with Crippen molar-refractivity contribution >= 4 is 34.0 Å². The molecular formula is C11H13IN4. The number of aromatic amines is 1. The second-order valence-electron chi connectivity index (χ2n) is 3.63. The van der Waals surface area contributed by atoms with Crippen molar-refractivity contribution in [2.75, 3.05) is 11.1 Å². The molecule has 0 radical (unpaired) electrons. The molecule has 1 heterocycles. The van der Waals surface area contributed by atoms with Gasteiger partial charge in [0, 0.05) is 15.3 Å². The lowest BCUT2D eigenvalue weighted by Gasteiger charge is -2.15. The number of rotatable bonds is 3. The molecule has 4 N–H and O–H groups in total. The van der Waals surface area contributed by atoms with Gasteiger partial charge in [0.1, 0.15) is 0 Å². The number of nitrogens with one attached hydrogen (secondary N) is 2. The van der Waals surface area contributed by atoms with Crippen LogP contribution in [-0.4, -0.2) is 10.2 Å². The average molecular weight is 328 g/mol. The topological polar surface area (TPSA) is 66.7 Å². The van der Waals surface area contributed by atoms with Gasteiger partial charge in [0.15, 0.2) is 0 Å². The Kier molecular flexibility index (Phi) is 3.33. The first-order valence-electron chi connectivity index (χ1n) is 4.97. The fraction of sp³-hybridized carbons (Fsp3) is 0.182. The molecule has 0 aliphatic heterocycles. The second-order valence-corrected chi connectivity index (χ2v) is 4.87. The molecule has 0 aliphatic rings. The number of halogens is 1. The van der Waals surface area contributed by atoms with E-state index >= 15 is 0 Å². The summed E-state index contributed by atoms with van der Waals surface area (Å²) in [6.07, 6.45) is 3.68. The van der Waals surface area contributed by atoms with Crippen molar-refractivity contribution in [1.29, 1.82) is 0 Å². The molecule has 2 rings (SSSR count). The lowest BCUT2D eigenvalue weighted by molar-refractivity contribution is 0.886. The summed E-state index contributed by atoms with van der Waals surface area (Å²) in [6.45, 7) is 2.07. The standard InChI is InChI=1S/C11H13IN4/c1-7(8-5-14-15-6-8)16-11-3-2-9(12)4-10(11)13/h2-7,16H,13H2,1H3,(H,14,15). The van der Waals surface area contributed by atoms with Crippen molar-refractivity contribution in [2.45, 2.75) is 13.0 Å². The van der Waals surface area contributed by atoms with Gasteiger partial charge in [0.25, 0.3) is 0 Å². The highest BCUT2D eigenvalue weighted by Crippen LogP contribution is 2.25. The van der Waals surface area contributed by atoms with E-state index in [-0.39, 0.29) is 6.04 Å². The maximum atomic E-state index is 5.93. The molecule has 0 spiro atoms. The molecule has 1 unspecified atom stereocenters. The lowest BCUT2D eigenvalue weighted by atomic mass is 10.1. The van der Waals surface area contributed by atoms with E-state index in [0.29, 0.717) is 0 Å². The minimum atomic E-state index is 0.182. The highest BCUT2D eigenvalue weighted by molar-refractivity contribution is 14.1. The maximum Gasteiger partial charge on any atom is 0.0579 e. The number of nitrogens with zero attached hydrogens (tertiary/aromatic N) is 1. The molecule has 0 saturated carbocycles. The normalized spacial score (nSPS) is 12.4. The van der Waals surface area contributed by atoms with Gasteiger partial charge in [-0.2, -0.15) is 5.10 Å². The summed E-state index contributed by atoms with van der Waals surface area (Å²) in [5, 5.41) is 10.1. The number of H-pyrrole nitrogens is 1. The van der Waals surface area contributed by atoms with Crippen LogP contribution in [0.1, 0.15) is 18.5 Å². The molecule has 5 heteroatoms. The molecule has 1 aromatic carbocycles. The van der Waals surface area contributed by atoms with Crippen LogP contribution in [0.3, 0.4) is 0 Å². The summed E-state index contributed by atoms with van der Waals surface area (Å²) in [5.41, 5.74) is 8.76. The molecule has 1 aromatic heterocycles. The van der Waals surface area contributed by atoms with Crippen molar-refractivity contribution < 1.29 is 0 Å². The zero-order valence-electron chi connectivity index (χ0n) is 8.87. The zero-order valence-corrected chi connectivity index (χ0v) is 11.0. The van der Waals surface area contributed by atoms with Gasteiger partial charge in [-0.3, -0.25) is 5.10 Å². The molecule has 0 bridgehead atoms. The van der Waals surface area contributed by atoms with Gasteiger partial charge >= 0.3 is 0 Å². The van der Waals surface area contributed by atoms with Crippen LogP contribution in [0.5, 0.6) is 0 Å². The van der Waals surface area contributed by atoms with E-state index in [0.717, 1.165) is 20.5 Å². The molecule has 2 aromatic rings. The Morgan fingerprint density at radius 1 is 1.50 bits per heavy atom. The number of nitrogen functional groups attached to an aromatic ring is 1. The number of aromatic nitrogens is 2. The Morgan fingerprint density at radius 2 is 2.31 bits per heavy atom. The van der Waals surface area contributed by atoms with Crippen molar-refractivity contribution in [1.82, 2.24) is 10.2 Å². The van der Waals surface area contributed by atoms with Crippen molar-refractivity contribution in [3.63, 3.8) is 0 Å². The van der Waals surface area contributed by atoms with E-state index < -0.39 is 0 Å². The Morgan fingerprint density at radius 3 is 2.94 bits per heavy atom. The van der Waals surface area contributed by atoms with Crippen molar-refractivity contribution in [3.8, 4) is 0 Å². The van der Waals surface area contributed by atoms with Gasteiger partial charge in [-0.25, -0.2) is 0 Å². The maximum absolute atomic E-state index is 5.93.